The lowest BCUT2D eigenvalue weighted by Crippen LogP contribution is -2.24. The molecule has 0 radical (unpaired) electrons. The van der Waals surface area contributed by atoms with E-state index in [1.807, 2.05) is 0 Å². The van der Waals surface area contributed by atoms with E-state index in [0.29, 0.717) is 12.3 Å². The van der Waals surface area contributed by atoms with E-state index in [1.165, 1.54) is 6.07 Å². The van der Waals surface area contributed by atoms with E-state index in [2.05, 4.69) is 15.2 Å². The van der Waals surface area contributed by atoms with Gasteiger partial charge >= 0.3 is 0 Å². The molecule has 0 aliphatic heterocycles. The van der Waals surface area contributed by atoms with Crippen molar-refractivity contribution in [2.45, 2.75) is 6.92 Å². The Bertz CT molecular complexity index is 385. The van der Waals surface area contributed by atoms with Crippen LogP contribution in [0.5, 0.6) is 0 Å². The molecule has 2 N–H and O–H groups in total. The molecule has 0 aliphatic carbocycles. The van der Waals surface area contributed by atoms with Crippen LogP contribution in [0.1, 0.15) is 5.76 Å². The van der Waals surface area contributed by atoms with E-state index in [-0.39, 0.29) is 11.6 Å². The van der Waals surface area contributed by atoms with E-state index in [9.17, 15) is 8.42 Å². The molecule has 0 fully saturated rings. The second-order valence-electron chi connectivity index (χ2n) is 2.85. The summed E-state index contributed by atoms with van der Waals surface area (Å²) >= 11 is 0. The number of nitrogens with one attached hydrogen (secondary N) is 2. The molecule has 1 aromatic heterocycles. The van der Waals surface area contributed by atoms with Gasteiger partial charge in [0.05, 0.1) is 5.75 Å². The minimum atomic E-state index is -3.32. The molecule has 0 aromatic carbocycles. The van der Waals surface area contributed by atoms with Crippen LogP contribution in [0.25, 0.3) is 0 Å². The highest BCUT2D eigenvalue weighted by Gasteiger charge is 2.11. The quantitative estimate of drug-likeness (QED) is 0.725. The summed E-state index contributed by atoms with van der Waals surface area (Å²) in [5.41, 5.74) is 0. The monoisotopic (exact) mass is 219 g/mol. The van der Waals surface area contributed by atoms with Gasteiger partial charge in [0.2, 0.25) is 10.0 Å². The Balaban J connectivity index is 2.59. The van der Waals surface area contributed by atoms with Crippen molar-refractivity contribution < 1.29 is 12.9 Å². The lowest BCUT2D eigenvalue weighted by molar-refractivity contribution is 0.400. The fourth-order valence-corrected chi connectivity index (χ4v) is 1.85. The largest absolute Gasteiger partial charge is 0.360 e. The zero-order valence-corrected chi connectivity index (χ0v) is 8.89. The van der Waals surface area contributed by atoms with Crippen molar-refractivity contribution >= 4 is 15.8 Å². The molecular formula is C7H13N3O3S. The second kappa shape index (κ2) is 4.43. The molecule has 0 unspecified atom stereocenters. The predicted octanol–water partition coefficient (Wildman–Crippen LogP) is -0.0559. The van der Waals surface area contributed by atoms with Gasteiger partial charge in [-0.05, 0) is 14.0 Å². The number of hydrogen-bond acceptors (Lipinski definition) is 5. The molecule has 0 saturated heterocycles. The Hall–Kier alpha value is -1.08. The van der Waals surface area contributed by atoms with Crippen molar-refractivity contribution in [2.24, 2.45) is 0 Å². The average Bonchev–Trinajstić information content (AvgIpc) is 2.47. The SMILES string of the molecule is CNCCS(=O)(=O)Nc1cc(C)on1. The van der Waals surface area contributed by atoms with Crippen LogP contribution in [-0.2, 0) is 10.0 Å². The summed E-state index contributed by atoms with van der Waals surface area (Å²) in [5, 5.41) is 6.28. The Morgan fingerprint density at radius 2 is 2.29 bits per heavy atom. The summed E-state index contributed by atoms with van der Waals surface area (Å²) in [6.45, 7) is 2.09. The third-order valence-electron chi connectivity index (χ3n) is 1.51. The third kappa shape index (κ3) is 3.35. The fraction of sp³-hybridized carbons (Fsp3) is 0.571. The molecule has 14 heavy (non-hydrogen) atoms. The van der Waals surface area contributed by atoms with Crippen LogP contribution in [0, 0.1) is 6.92 Å². The number of anilines is 1. The molecular weight excluding hydrogens is 206 g/mol. The van der Waals surface area contributed by atoms with Crippen molar-refractivity contribution in [3.05, 3.63) is 11.8 Å². The molecule has 7 heteroatoms. The first-order valence-electron chi connectivity index (χ1n) is 4.12. The van der Waals surface area contributed by atoms with Gasteiger partial charge in [-0.3, -0.25) is 4.72 Å². The van der Waals surface area contributed by atoms with Gasteiger partial charge in [-0.2, -0.15) is 0 Å². The molecule has 1 heterocycles. The van der Waals surface area contributed by atoms with Crippen LogP contribution in [-0.4, -0.2) is 32.9 Å². The first-order valence-corrected chi connectivity index (χ1v) is 5.77. The maximum absolute atomic E-state index is 11.3. The van der Waals surface area contributed by atoms with Crippen molar-refractivity contribution in [3.8, 4) is 0 Å². The number of nitrogens with zero attached hydrogens (tertiary/aromatic N) is 1. The van der Waals surface area contributed by atoms with E-state index >= 15 is 0 Å². The van der Waals surface area contributed by atoms with E-state index in [0.717, 1.165) is 0 Å². The van der Waals surface area contributed by atoms with Gasteiger partial charge in [0.25, 0.3) is 0 Å². The molecule has 6 nitrogen and oxygen atoms in total. The molecule has 0 aliphatic rings. The number of rotatable bonds is 5. The summed E-state index contributed by atoms with van der Waals surface area (Å²) in [5.74, 6) is 0.796. The van der Waals surface area contributed by atoms with Gasteiger partial charge in [0.15, 0.2) is 5.82 Å². The first-order chi connectivity index (χ1) is 6.53. The molecule has 0 atom stereocenters. The lowest BCUT2D eigenvalue weighted by atomic mass is 10.5. The van der Waals surface area contributed by atoms with Gasteiger partial charge < -0.3 is 9.84 Å². The smallest absolute Gasteiger partial charge is 0.235 e. The Kier molecular flexibility index (Phi) is 3.48. The zero-order chi connectivity index (χ0) is 10.6. The standard InChI is InChI=1S/C7H13N3O3S/c1-6-5-7(9-13-6)10-14(11,12)4-3-8-2/h5,8H,3-4H2,1-2H3,(H,9,10). The topological polar surface area (TPSA) is 84.2 Å². The summed E-state index contributed by atoms with van der Waals surface area (Å²) in [6, 6.07) is 1.52. The molecule has 0 bridgehead atoms. The van der Waals surface area contributed by atoms with Gasteiger partial charge in [0.1, 0.15) is 5.76 Å². The molecule has 80 valence electrons. The fourth-order valence-electron chi connectivity index (χ4n) is 0.861. The maximum atomic E-state index is 11.3. The van der Waals surface area contributed by atoms with Crippen LogP contribution in [0.3, 0.4) is 0 Å². The Morgan fingerprint density at radius 3 is 2.79 bits per heavy atom. The van der Waals surface area contributed by atoms with E-state index in [4.69, 9.17) is 4.52 Å². The molecule has 1 rings (SSSR count). The Morgan fingerprint density at radius 1 is 1.57 bits per heavy atom. The van der Waals surface area contributed by atoms with Crippen LogP contribution in [0.4, 0.5) is 5.82 Å². The summed E-state index contributed by atoms with van der Waals surface area (Å²) < 4.78 is 29.7. The van der Waals surface area contributed by atoms with E-state index < -0.39 is 10.0 Å². The van der Waals surface area contributed by atoms with Crippen molar-refractivity contribution in [1.82, 2.24) is 10.5 Å². The van der Waals surface area contributed by atoms with Crippen molar-refractivity contribution in [1.29, 1.82) is 0 Å². The lowest BCUT2D eigenvalue weighted by Gasteiger charge is -2.03. The summed E-state index contributed by atoms with van der Waals surface area (Å²) in [4.78, 5) is 0. The normalized spacial score (nSPS) is 11.6. The minimum Gasteiger partial charge on any atom is -0.360 e. The number of sulfonamides is 1. The van der Waals surface area contributed by atoms with Crippen LogP contribution in [0.15, 0.2) is 10.6 Å². The van der Waals surface area contributed by atoms with Gasteiger partial charge in [-0.25, -0.2) is 8.42 Å². The highest BCUT2D eigenvalue weighted by atomic mass is 32.2. The van der Waals surface area contributed by atoms with Crippen molar-refractivity contribution in [2.75, 3.05) is 24.1 Å². The van der Waals surface area contributed by atoms with Crippen LogP contribution >= 0.6 is 0 Å². The van der Waals surface area contributed by atoms with Crippen molar-refractivity contribution in [3.63, 3.8) is 0 Å². The predicted molar refractivity (Wildman–Crippen MR) is 52.6 cm³/mol. The molecule has 0 saturated carbocycles. The van der Waals surface area contributed by atoms with Gasteiger partial charge in [-0.15, -0.1) is 0 Å². The van der Waals surface area contributed by atoms with Gasteiger partial charge in [0, 0.05) is 12.6 Å². The molecule has 0 amide bonds. The number of aryl methyl sites for hydroxylation is 1. The average molecular weight is 219 g/mol. The summed E-state index contributed by atoms with van der Waals surface area (Å²) in [7, 11) is -1.63. The minimum absolute atomic E-state index is 0.00933. The Labute approximate surface area is 82.7 Å². The highest BCUT2D eigenvalue weighted by Crippen LogP contribution is 2.08. The summed E-state index contributed by atoms with van der Waals surface area (Å²) in [6.07, 6.45) is 0. The highest BCUT2D eigenvalue weighted by molar-refractivity contribution is 7.92. The molecule has 1 aromatic rings. The number of aromatic nitrogens is 1. The number of hydrogen-bond donors (Lipinski definition) is 2. The van der Waals surface area contributed by atoms with Crippen LogP contribution < -0.4 is 10.0 Å². The van der Waals surface area contributed by atoms with E-state index in [1.54, 1.807) is 14.0 Å². The first kappa shape index (κ1) is 11.0. The third-order valence-corrected chi connectivity index (χ3v) is 2.77. The maximum Gasteiger partial charge on any atom is 0.235 e. The second-order valence-corrected chi connectivity index (χ2v) is 4.69. The van der Waals surface area contributed by atoms with Gasteiger partial charge in [-0.1, -0.05) is 5.16 Å². The van der Waals surface area contributed by atoms with Crippen LogP contribution in [0.2, 0.25) is 0 Å². The molecule has 0 spiro atoms. The zero-order valence-electron chi connectivity index (χ0n) is 8.07.